The van der Waals surface area contributed by atoms with Gasteiger partial charge in [0.05, 0.1) is 11.7 Å². The van der Waals surface area contributed by atoms with Crippen molar-refractivity contribution < 1.29 is 4.79 Å². The van der Waals surface area contributed by atoms with Gasteiger partial charge in [0, 0.05) is 18.8 Å². The Morgan fingerprint density at radius 2 is 2.09 bits per heavy atom. The lowest BCUT2D eigenvalue weighted by molar-refractivity contribution is 0.0599. The normalized spacial score (nSPS) is 18.2. The van der Waals surface area contributed by atoms with Crippen molar-refractivity contribution in [1.82, 2.24) is 19.9 Å². The van der Waals surface area contributed by atoms with E-state index in [1.165, 1.54) is 0 Å². The molecule has 1 saturated heterocycles. The molecule has 1 unspecified atom stereocenters. The lowest BCUT2D eigenvalue weighted by Gasteiger charge is -2.35. The molecule has 0 bridgehead atoms. The van der Waals surface area contributed by atoms with E-state index in [0.717, 1.165) is 31.0 Å². The zero-order chi connectivity index (χ0) is 15.5. The first-order valence-electron chi connectivity index (χ1n) is 7.21. The summed E-state index contributed by atoms with van der Waals surface area (Å²) in [5.74, 6) is -0.349. The molecule has 2 N–H and O–H groups in total. The molecule has 0 aliphatic carbocycles. The molecule has 1 atom stereocenters. The third kappa shape index (κ3) is 2.83. The molecule has 3 heterocycles. The summed E-state index contributed by atoms with van der Waals surface area (Å²) in [4.78, 5) is 45.9. The summed E-state index contributed by atoms with van der Waals surface area (Å²) in [6.07, 6.45) is 4.41. The zero-order valence-electron chi connectivity index (χ0n) is 11.9. The van der Waals surface area contributed by atoms with Gasteiger partial charge >= 0.3 is 5.69 Å². The minimum atomic E-state index is -0.678. The molecule has 0 saturated carbocycles. The minimum absolute atomic E-state index is 0.0107. The van der Waals surface area contributed by atoms with Crippen LogP contribution in [0.25, 0.3) is 0 Å². The van der Waals surface area contributed by atoms with Crippen LogP contribution >= 0.6 is 0 Å². The highest BCUT2D eigenvalue weighted by Crippen LogP contribution is 2.30. The van der Waals surface area contributed by atoms with Crippen LogP contribution in [0.5, 0.6) is 0 Å². The maximum absolute atomic E-state index is 12.7. The Labute approximate surface area is 126 Å². The van der Waals surface area contributed by atoms with Crippen LogP contribution in [-0.4, -0.2) is 32.3 Å². The number of hydrogen-bond donors (Lipinski definition) is 2. The number of carbonyl (C=O) groups is 1. The predicted molar refractivity (Wildman–Crippen MR) is 79.5 cm³/mol. The fourth-order valence-electron chi connectivity index (χ4n) is 2.79. The number of hydrogen-bond acceptors (Lipinski definition) is 4. The number of aromatic nitrogens is 3. The summed E-state index contributed by atoms with van der Waals surface area (Å²) in [7, 11) is 0. The standard InChI is InChI=1S/C15H16N4O3/c20-13-9-11(17-15(22)18-13)14(21)19-8-4-2-6-12(19)10-5-1-3-7-16-10/h1,3,5,7,9,12H,2,4,6,8H2,(H2,17,18,20,22). The average Bonchev–Trinajstić information content (AvgIpc) is 2.54. The molecule has 22 heavy (non-hydrogen) atoms. The number of nitrogens with zero attached hydrogens (tertiary/aromatic N) is 2. The number of carbonyl (C=O) groups excluding carboxylic acids is 1. The van der Waals surface area contributed by atoms with Crippen LogP contribution in [0.2, 0.25) is 0 Å². The van der Waals surface area contributed by atoms with E-state index in [2.05, 4.69) is 15.0 Å². The molecule has 1 fully saturated rings. The van der Waals surface area contributed by atoms with Crippen LogP contribution in [0.1, 0.15) is 41.5 Å². The predicted octanol–water partition coefficient (Wildman–Crippen LogP) is 0.826. The fraction of sp³-hybridized carbons (Fsp3) is 0.333. The molecule has 114 valence electrons. The highest BCUT2D eigenvalue weighted by atomic mass is 16.2. The Bertz CT molecular complexity index is 753. The molecule has 2 aromatic heterocycles. The van der Waals surface area contributed by atoms with E-state index in [0.29, 0.717) is 6.54 Å². The Kier molecular flexibility index (Phi) is 3.86. The summed E-state index contributed by atoms with van der Waals surface area (Å²) in [5.41, 5.74) is -0.431. The highest BCUT2D eigenvalue weighted by molar-refractivity contribution is 5.92. The maximum atomic E-state index is 12.7. The number of rotatable bonds is 2. The second-order valence-electron chi connectivity index (χ2n) is 5.27. The lowest BCUT2D eigenvalue weighted by atomic mass is 9.98. The van der Waals surface area contributed by atoms with E-state index >= 15 is 0 Å². The van der Waals surface area contributed by atoms with Crippen LogP contribution < -0.4 is 11.2 Å². The number of aromatic amines is 2. The number of nitrogens with one attached hydrogen (secondary N) is 2. The van der Waals surface area contributed by atoms with Crippen molar-refractivity contribution in [3.63, 3.8) is 0 Å². The summed E-state index contributed by atoms with van der Waals surface area (Å²) >= 11 is 0. The van der Waals surface area contributed by atoms with Gasteiger partial charge in [-0.25, -0.2) is 4.79 Å². The second kappa shape index (κ2) is 5.97. The van der Waals surface area contributed by atoms with E-state index in [-0.39, 0.29) is 17.6 Å². The van der Waals surface area contributed by atoms with E-state index in [1.807, 2.05) is 18.2 Å². The molecule has 7 nitrogen and oxygen atoms in total. The van der Waals surface area contributed by atoms with Gasteiger partial charge in [-0.15, -0.1) is 0 Å². The van der Waals surface area contributed by atoms with Crippen molar-refractivity contribution in [2.24, 2.45) is 0 Å². The highest BCUT2D eigenvalue weighted by Gasteiger charge is 2.30. The summed E-state index contributed by atoms with van der Waals surface area (Å²) < 4.78 is 0. The van der Waals surface area contributed by atoms with E-state index in [1.54, 1.807) is 11.1 Å². The molecule has 1 aliphatic rings. The van der Waals surface area contributed by atoms with Crippen molar-refractivity contribution in [3.8, 4) is 0 Å². The number of likely N-dealkylation sites (tertiary alicyclic amines) is 1. The maximum Gasteiger partial charge on any atom is 0.326 e. The third-order valence-electron chi connectivity index (χ3n) is 3.78. The van der Waals surface area contributed by atoms with Crippen LogP contribution in [-0.2, 0) is 0 Å². The molecule has 3 rings (SSSR count). The Morgan fingerprint density at radius 1 is 1.23 bits per heavy atom. The van der Waals surface area contributed by atoms with Gasteiger partial charge < -0.3 is 9.88 Å². The molecule has 0 spiro atoms. The van der Waals surface area contributed by atoms with Crippen LogP contribution in [0, 0.1) is 0 Å². The van der Waals surface area contributed by atoms with Gasteiger partial charge in [0.2, 0.25) is 0 Å². The molecule has 0 radical (unpaired) electrons. The SMILES string of the molecule is O=C(c1cc(=O)[nH]c(=O)[nH]1)N1CCCCC1c1ccccn1. The smallest absolute Gasteiger partial charge is 0.326 e. The number of pyridine rings is 1. The first-order valence-corrected chi connectivity index (χ1v) is 7.21. The van der Waals surface area contributed by atoms with Crippen molar-refractivity contribution >= 4 is 5.91 Å². The number of piperidine rings is 1. The molecular formula is C15H16N4O3. The van der Waals surface area contributed by atoms with Crippen molar-refractivity contribution in [3.05, 3.63) is 62.7 Å². The molecule has 2 aromatic rings. The van der Waals surface area contributed by atoms with Gasteiger partial charge in [0.25, 0.3) is 11.5 Å². The second-order valence-corrected chi connectivity index (χ2v) is 5.27. The van der Waals surface area contributed by atoms with Crippen molar-refractivity contribution in [2.45, 2.75) is 25.3 Å². The summed E-state index contributed by atoms with van der Waals surface area (Å²) in [6, 6.07) is 6.58. The van der Waals surface area contributed by atoms with Gasteiger partial charge in [-0.3, -0.25) is 19.6 Å². The minimum Gasteiger partial charge on any atom is -0.329 e. The Morgan fingerprint density at radius 3 is 2.82 bits per heavy atom. The van der Waals surface area contributed by atoms with Gasteiger partial charge in [-0.1, -0.05) is 6.07 Å². The van der Waals surface area contributed by atoms with Crippen LogP contribution in [0.4, 0.5) is 0 Å². The fourth-order valence-corrected chi connectivity index (χ4v) is 2.79. The first kappa shape index (κ1) is 14.2. The average molecular weight is 300 g/mol. The summed E-state index contributed by atoms with van der Waals surface area (Å²) in [5, 5.41) is 0. The Hall–Kier alpha value is -2.70. The van der Waals surface area contributed by atoms with E-state index in [9.17, 15) is 14.4 Å². The third-order valence-corrected chi connectivity index (χ3v) is 3.78. The summed E-state index contributed by atoms with van der Waals surface area (Å²) in [6.45, 7) is 0.578. The van der Waals surface area contributed by atoms with Crippen LogP contribution in [0.3, 0.4) is 0 Å². The molecular weight excluding hydrogens is 284 g/mol. The Balaban J connectivity index is 1.95. The van der Waals surface area contributed by atoms with Crippen LogP contribution in [0.15, 0.2) is 40.1 Å². The van der Waals surface area contributed by atoms with Crippen molar-refractivity contribution in [1.29, 1.82) is 0 Å². The quantitative estimate of drug-likeness (QED) is 0.858. The molecule has 7 heteroatoms. The van der Waals surface area contributed by atoms with E-state index in [4.69, 9.17) is 0 Å². The topological polar surface area (TPSA) is 98.9 Å². The molecule has 1 aliphatic heterocycles. The first-order chi connectivity index (χ1) is 10.6. The van der Waals surface area contributed by atoms with Gasteiger partial charge in [0.15, 0.2) is 0 Å². The molecule has 0 aromatic carbocycles. The number of H-pyrrole nitrogens is 2. The van der Waals surface area contributed by atoms with E-state index < -0.39 is 11.2 Å². The van der Waals surface area contributed by atoms with Gasteiger partial charge in [-0.2, -0.15) is 0 Å². The lowest BCUT2D eigenvalue weighted by Crippen LogP contribution is -2.40. The molecule has 1 amide bonds. The largest absolute Gasteiger partial charge is 0.329 e. The van der Waals surface area contributed by atoms with Crippen molar-refractivity contribution in [2.75, 3.05) is 6.54 Å². The van der Waals surface area contributed by atoms with Gasteiger partial charge in [-0.05, 0) is 31.4 Å². The van der Waals surface area contributed by atoms with Gasteiger partial charge in [0.1, 0.15) is 5.69 Å². The number of amides is 1. The monoisotopic (exact) mass is 300 g/mol. The zero-order valence-corrected chi connectivity index (χ0v) is 11.9.